The van der Waals surface area contributed by atoms with E-state index < -0.39 is 5.82 Å². The molecule has 0 aromatic heterocycles. The number of hydrogen-bond donors (Lipinski definition) is 1. The Morgan fingerprint density at radius 3 is 2.70 bits per heavy atom. The van der Waals surface area contributed by atoms with Crippen molar-refractivity contribution in [3.63, 3.8) is 0 Å². The summed E-state index contributed by atoms with van der Waals surface area (Å²) < 4.78 is 18.6. The van der Waals surface area contributed by atoms with Gasteiger partial charge in [-0.3, -0.25) is 9.69 Å². The van der Waals surface area contributed by atoms with E-state index in [0.717, 1.165) is 13.1 Å². The van der Waals surface area contributed by atoms with Gasteiger partial charge in [-0.2, -0.15) is 0 Å². The van der Waals surface area contributed by atoms with Crippen LogP contribution in [-0.2, 0) is 9.53 Å². The van der Waals surface area contributed by atoms with Gasteiger partial charge in [-0.1, -0.05) is 11.6 Å². The van der Waals surface area contributed by atoms with Gasteiger partial charge in [0.25, 0.3) is 0 Å². The van der Waals surface area contributed by atoms with Crippen molar-refractivity contribution < 1.29 is 13.9 Å². The monoisotopic (exact) mass is 300 g/mol. The van der Waals surface area contributed by atoms with E-state index >= 15 is 0 Å². The molecule has 1 amide bonds. The van der Waals surface area contributed by atoms with E-state index in [4.69, 9.17) is 16.3 Å². The van der Waals surface area contributed by atoms with Gasteiger partial charge in [-0.15, -0.1) is 0 Å². The minimum absolute atomic E-state index is 0.00332. The number of halogens is 2. The summed E-state index contributed by atoms with van der Waals surface area (Å²) in [7, 11) is 0. The van der Waals surface area contributed by atoms with Gasteiger partial charge in [0.15, 0.2) is 0 Å². The summed E-state index contributed by atoms with van der Waals surface area (Å²) in [4.78, 5) is 14.0. The predicted octanol–water partition coefficient (Wildman–Crippen LogP) is 2.53. The van der Waals surface area contributed by atoms with Crippen molar-refractivity contribution in [3.05, 3.63) is 29.0 Å². The molecule has 1 aliphatic heterocycles. The molecule has 1 aromatic rings. The molecule has 110 valence electrons. The van der Waals surface area contributed by atoms with Gasteiger partial charge in [0.2, 0.25) is 5.91 Å². The number of nitrogens with one attached hydrogen (secondary N) is 1. The van der Waals surface area contributed by atoms with Crippen molar-refractivity contribution >= 4 is 23.2 Å². The van der Waals surface area contributed by atoms with Gasteiger partial charge < -0.3 is 10.1 Å². The number of carbonyl (C=O) groups excluding carboxylic acids is 1. The molecule has 0 unspecified atom stereocenters. The van der Waals surface area contributed by atoms with Crippen LogP contribution < -0.4 is 5.32 Å². The fourth-order valence-corrected chi connectivity index (χ4v) is 2.57. The Kier molecular flexibility index (Phi) is 4.96. The molecule has 1 saturated heterocycles. The first-order valence-electron chi connectivity index (χ1n) is 6.56. The fraction of sp³-hybridized carbons (Fsp3) is 0.500. The molecule has 2 atom stereocenters. The van der Waals surface area contributed by atoms with Crippen molar-refractivity contribution in [3.8, 4) is 0 Å². The van der Waals surface area contributed by atoms with Crippen LogP contribution in [0.5, 0.6) is 0 Å². The third-order valence-corrected chi connectivity index (χ3v) is 3.36. The lowest BCUT2D eigenvalue weighted by molar-refractivity contribution is -0.121. The number of anilines is 1. The van der Waals surface area contributed by atoms with Crippen molar-refractivity contribution in [1.29, 1.82) is 0 Å². The van der Waals surface area contributed by atoms with Gasteiger partial charge in [-0.05, 0) is 32.0 Å². The minimum Gasteiger partial charge on any atom is -0.373 e. The number of morpholine rings is 1. The second-order valence-corrected chi connectivity index (χ2v) is 5.54. The highest BCUT2D eigenvalue weighted by Crippen LogP contribution is 2.19. The molecule has 1 N–H and O–H groups in total. The third kappa shape index (κ3) is 4.16. The Balaban J connectivity index is 1.90. The Bertz CT molecular complexity index is 488. The molecular formula is C14H18ClFN2O2. The van der Waals surface area contributed by atoms with E-state index in [1.165, 1.54) is 18.2 Å². The molecule has 1 fully saturated rings. The van der Waals surface area contributed by atoms with Crippen LogP contribution in [0.2, 0.25) is 5.02 Å². The Labute approximate surface area is 122 Å². The summed E-state index contributed by atoms with van der Waals surface area (Å²) in [5.74, 6) is -0.644. The van der Waals surface area contributed by atoms with Crippen molar-refractivity contribution in [2.75, 3.05) is 25.0 Å². The van der Waals surface area contributed by atoms with Crippen molar-refractivity contribution in [2.24, 2.45) is 0 Å². The first-order valence-corrected chi connectivity index (χ1v) is 6.94. The molecule has 4 nitrogen and oxygen atoms in total. The zero-order chi connectivity index (χ0) is 14.7. The van der Waals surface area contributed by atoms with Crippen LogP contribution in [0.15, 0.2) is 18.2 Å². The maximum atomic E-state index is 13.0. The van der Waals surface area contributed by atoms with Crippen LogP contribution in [0, 0.1) is 5.82 Å². The van der Waals surface area contributed by atoms with Crippen LogP contribution in [-0.4, -0.2) is 42.6 Å². The molecule has 0 radical (unpaired) electrons. The highest BCUT2D eigenvalue weighted by Gasteiger charge is 2.23. The first-order chi connectivity index (χ1) is 9.44. The Morgan fingerprint density at radius 1 is 1.45 bits per heavy atom. The quantitative estimate of drug-likeness (QED) is 0.932. The number of hydrogen-bond acceptors (Lipinski definition) is 3. The molecule has 1 aromatic carbocycles. The molecular weight excluding hydrogens is 283 g/mol. The van der Waals surface area contributed by atoms with E-state index in [1.807, 2.05) is 18.7 Å². The van der Waals surface area contributed by atoms with Gasteiger partial charge >= 0.3 is 0 Å². The molecule has 2 rings (SSSR count). The number of rotatable bonds is 3. The fourth-order valence-electron chi connectivity index (χ4n) is 2.39. The third-order valence-electron chi connectivity index (χ3n) is 3.07. The normalized spacial score (nSPS) is 23.6. The number of benzene rings is 1. The van der Waals surface area contributed by atoms with Crippen LogP contribution in [0.4, 0.5) is 10.1 Å². The summed E-state index contributed by atoms with van der Waals surface area (Å²) >= 11 is 5.67. The zero-order valence-corrected chi connectivity index (χ0v) is 12.3. The minimum atomic E-state index is -0.500. The highest BCUT2D eigenvalue weighted by atomic mass is 35.5. The molecule has 1 heterocycles. The van der Waals surface area contributed by atoms with Crippen molar-refractivity contribution in [2.45, 2.75) is 26.1 Å². The van der Waals surface area contributed by atoms with E-state index in [-0.39, 0.29) is 29.7 Å². The average molecular weight is 301 g/mol. The second kappa shape index (κ2) is 6.52. The summed E-state index contributed by atoms with van der Waals surface area (Å²) in [5.41, 5.74) is 0.496. The predicted molar refractivity (Wildman–Crippen MR) is 76.5 cm³/mol. The lowest BCUT2D eigenvalue weighted by Gasteiger charge is -2.34. The number of carbonyl (C=O) groups is 1. The van der Waals surface area contributed by atoms with Gasteiger partial charge in [-0.25, -0.2) is 4.39 Å². The smallest absolute Gasteiger partial charge is 0.238 e. The van der Waals surface area contributed by atoms with Crippen LogP contribution in [0.1, 0.15) is 13.8 Å². The first kappa shape index (κ1) is 15.2. The van der Waals surface area contributed by atoms with Gasteiger partial charge in [0.1, 0.15) is 5.82 Å². The summed E-state index contributed by atoms with van der Waals surface area (Å²) in [6.07, 6.45) is 0.235. The molecule has 0 saturated carbocycles. The standard InChI is InChI=1S/C14H18ClFN2O2/c1-9-6-18(7-10(2)20-9)8-14(19)17-11-3-4-13(16)12(15)5-11/h3-5,9-10H,6-8H2,1-2H3,(H,17,19)/t9-,10+. The van der Waals surface area contributed by atoms with E-state index in [1.54, 1.807) is 0 Å². The number of nitrogens with zero attached hydrogens (tertiary/aromatic N) is 1. The maximum absolute atomic E-state index is 13.0. The summed E-state index contributed by atoms with van der Waals surface area (Å²) in [6.45, 7) is 5.71. The molecule has 1 aliphatic rings. The lowest BCUT2D eigenvalue weighted by Crippen LogP contribution is -2.48. The molecule has 6 heteroatoms. The Morgan fingerprint density at radius 2 is 2.10 bits per heavy atom. The van der Waals surface area contributed by atoms with E-state index in [9.17, 15) is 9.18 Å². The zero-order valence-electron chi connectivity index (χ0n) is 11.5. The van der Waals surface area contributed by atoms with E-state index in [0.29, 0.717) is 5.69 Å². The number of ether oxygens (including phenoxy) is 1. The summed E-state index contributed by atoms with van der Waals surface area (Å²) in [5, 5.41) is 2.71. The van der Waals surface area contributed by atoms with Crippen LogP contribution in [0.3, 0.4) is 0 Å². The molecule has 20 heavy (non-hydrogen) atoms. The average Bonchev–Trinajstić information content (AvgIpc) is 2.32. The van der Waals surface area contributed by atoms with Gasteiger partial charge in [0, 0.05) is 18.8 Å². The molecule has 0 spiro atoms. The SMILES string of the molecule is C[C@@H]1CN(CC(=O)Nc2ccc(F)c(Cl)c2)C[C@H](C)O1. The number of amides is 1. The molecule has 0 bridgehead atoms. The van der Waals surface area contributed by atoms with Gasteiger partial charge in [0.05, 0.1) is 23.8 Å². The van der Waals surface area contributed by atoms with Crippen LogP contribution in [0.25, 0.3) is 0 Å². The lowest BCUT2D eigenvalue weighted by atomic mass is 10.2. The van der Waals surface area contributed by atoms with E-state index in [2.05, 4.69) is 5.32 Å². The highest BCUT2D eigenvalue weighted by molar-refractivity contribution is 6.31. The Hall–Kier alpha value is -1.17. The van der Waals surface area contributed by atoms with Crippen LogP contribution >= 0.6 is 11.6 Å². The summed E-state index contributed by atoms with van der Waals surface area (Å²) in [6, 6.07) is 4.12. The largest absolute Gasteiger partial charge is 0.373 e. The van der Waals surface area contributed by atoms with Crippen molar-refractivity contribution in [1.82, 2.24) is 4.90 Å². The molecule has 0 aliphatic carbocycles. The second-order valence-electron chi connectivity index (χ2n) is 5.13. The topological polar surface area (TPSA) is 41.6 Å². The maximum Gasteiger partial charge on any atom is 0.238 e.